The average molecular weight is 619 g/mol. The molecule has 0 spiro atoms. The van der Waals surface area contributed by atoms with Crippen LogP contribution in [0.2, 0.25) is 6.82 Å². The van der Waals surface area contributed by atoms with Crippen molar-refractivity contribution in [3.63, 3.8) is 0 Å². The predicted octanol–water partition coefficient (Wildman–Crippen LogP) is 12.6. The Balaban J connectivity index is 0.000000329. The molecule has 248 valence electrons. The molecule has 0 aliphatic carbocycles. The summed E-state index contributed by atoms with van der Waals surface area (Å²) in [6, 6.07) is 30.0. The van der Waals surface area contributed by atoms with Crippen molar-refractivity contribution >= 4 is 22.9 Å². The average Bonchev–Trinajstić information content (AvgIpc) is 3.53. The monoisotopic (exact) mass is 619 g/mol. The Labute approximate surface area is 283 Å². The molecule has 0 fully saturated rings. The molecule has 3 aromatic carbocycles. The van der Waals surface area contributed by atoms with Gasteiger partial charge in [0.25, 0.3) is 0 Å². The molecule has 2 nitrogen and oxygen atoms in total. The van der Waals surface area contributed by atoms with E-state index in [1.54, 1.807) is 0 Å². The van der Waals surface area contributed by atoms with Gasteiger partial charge in [-0.2, -0.15) is 5.26 Å². The van der Waals surface area contributed by atoms with Crippen molar-refractivity contribution in [1.82, 2.24) is 4.98 Å². The van der Waals surface area contributed by atoms with Crippen LogP contribution in [0.3, 0.4) is 0 Å². The molecule has 1 N–H and O–H groups in total. The van der Waals surface area contributed by atoms with Gasteiger partial charge in [-0.05, 0) is 78.0 Å². The van der Waals surface area contributed by atoms with Crippen LogP contribution in [0.5, 0.6) is 0 Å². The first-order valence-corrected chi connectivity index (χ1v) is 17.8. The number of hydrogen-bond donors (Lipinski definition) is 1. The number of nitriles is 1. The quantitative estimate of drug-likeness (QED) is 0.167. The van der Waals surface area contributed by atoms with Gasteiger partial charge in [0.1, 0.15) is 0 Å². The van der Waals surface area contributed by atoms with Crippen LogP contribution in [-0.4, -0.2) is 11.7 Å². The first-order valence-electron chi connectivity index (χ1n) is 17.8. The van der Waals surface area contributed by atoms with Crippen molar-refractivity contribution in [2.24, 2.45) is 23.7 Å². The molecule has 1 heterocycles. The summed E-state index contributed by atoms with van der Waals surface area (Å²) in [4.78, 5) is 3.33. The smallest absolute Gasteiger partial charge is 0.197 e. The summed E-state index contributed by atoms with van der Waals surface area (Å²) in [5.74, 6) is 4.86. The molecule has 4 rings (SSSR count). The second-order valence-electron chi connectivity index (χ2n) is 13.1. The van der Waals surface area contributed by atoms with Gasteiger partial charge in [-0.3, -0.25) is 0 Å². The number of benzene rings is 3. The van der Waals surface area contributed by atoms with Crippen LogP contribution in [0.25, 0.3) is 22.0 Å². The maximum Gasteiger partial charge on any atom is 0.197 e. The molecule has 0 aliphatic rings. The van der Waals surface area contributed by atoms with Gasteiger partial charge in [0.15, 0.2) is 6.71 Å². The highest BCUT2D eigenvalue weighted by Crippen LogP contribution is 2.29. The highest BCUT2D eigenvalue weighted by Gasteiger charge is 2.20. The van der Waals surface area contributed by atoms with E-state index < -0.39 is 0 Å². The van der Waals surface area contributed by atoms with Gasteiger partial charge in [-0.1, -0.05) is 153 Å². The first-order chi connectivity index (χ1) is 22.1. The van der Waals surface area contributed by atoms with Crippen LogP contribution in [0, 0.1) is 48.9 Å². The van der Waals surface area contributed by atoms with Gasteiger partial charge >= 0.3 is 0 Å². The van der Waals surface area contributed by atoms with E-state index in [2.05, 4.69) is 166 Å². The molecular formula is C43H63BN2. The zero-order chi connectivity index (χ0) is 34.5. The fourth-order valence-electron chi connectivity index (χ4n) is 5.44. The summed E-state index contributed by atoms with van der Waals surface area (Å²) >= 11 is 0. The van der Waals surface area contributed by atoms with E-state index in [1.165, 1.54) is 64.4 Å². The first kappa shape index (κ1) is 40.5. The number of unbranched alkanes of at least 4 members (excludes halogenated alkanes) is 1. The topological polar surface area (TPSA) is 39.6 Å². The van der Waals surface area contributed by atoms with Crippen molar-refractivity contribution in [2.75, 3.05) is 0 Å². The third kappa shape index (κ3) is 14.3. The summed E-state index contributed by atoms with van der Waals surface area (Å²) in [6.07, 6.45) is 7.05. The van der Waals surface area contributed by atoms with Crippen LogP contribution >= 0.6 is 0 Å². The van der Waals surface area contributed by atoms with E-state index in [0.29, 0.717) is 18.5 Å². The van der Waals surface area contributed by atoms with Crippen LogP contribution in [0.15, 0.2) is 91.4 Å². The number of nitrogens with zero attached hydrogens (tertiary/aromatic N) is 1. The lowest BCUT2D eigenvalue weighted by Crippen LogP contribution is -2.23. The van der Waals surface area contributed by atoms with Crippen molar-refractivity contribution in [3.8, 4) is 17.3 Å². The SMILES string of the molecule is C=CB(C)c1ccc(-c2ccc(C)[nH]2)cc1.CCC(C)C(C)CC(C)C(CC)CC#N.CCCC.Cc1cccc2ccccc12. The Kier molecular flexibility index (Phi) is 20.2. The van der Waals surface area contributed by atoms with Crippen molar-refractivity contribution in [1.29, 1.82) is 5.26 Å². The van der Waals surface area contributed by atoms with Gasteiger partial charge in [0, 0.05) is 17.8 Å². The van der Waals surface area contributed by atoms with Crippen LogP contribution < -0.4 is 5.46 Å². The maximum atomic E-state index is 8.76. The molecule has 0 aliphatic heterocycles. The fraction of sp³-hybridized carbons (Fsp3) is 0.465. The minimum Gasteiger partial charge on any atom is -0.359 e. The largest absolute Gasteiger partial charge is 0.359 e. The third-order valence-electron chi connectivity index (χ3n) is 9.48. The molecule has 0 bridgehead atoms. The highest BCUT2D eigenvalue weighted by atomic mass is 14.7. The number of nitrogens with one attached hydrogen (secondary N) is 1. The molecule has 0 saturated carbocycles. The maximum absolute atomic E-state index is 8.76. The lowest BCUT2D eigenvalue weighted by molar-refractivity contribution is 0.245. The minimum absolute atomic E-state index is 0.416. The van der Waals surface area contributed by atoms with Crippen LogP contribution in [0.1, 0.15) is 98.2 Å². The van der Waals surface area contributed by atoms with Gasteiger partial charge in [-0.15, -0.1) is 12.6 Å². The lowest BCUT2D eigenvalue weighted by atomic mass is 9.47. The molecule has 0 amide bonds. The molecule has 46 heavy (non-hydrogen) atoms. The van der Waals surface area contributed by atoms with Gasteiger partial charge in [0.05, 0.1) is 6.07 Å². The summed E-state index contributed by atoms with van der Waals surface area (Å²) in [5.41, 5.74) is 6.26. The standard InChI is InChI=1S/C14H16BN.C14H27N.C11H10.C4H10/c1-4-15(3)13-8-6-12(7-9-13)14-10-5-11(2)16-14;1-6-11(3)12(4)10-13(5)14(7-2)8-9-15;1-9-5-4-7-10-6-2-3-8-11(9)10;1-3-4-2/h4-10,16H,1H2,2-3H3;11-14H,6-8,10H2,1-5H3;2-8H,1H3;3-4H2,1-2H3. The van der Waals surface area contributed by atoms with Crippen molar-refractivity contribution < 1.29 is 0 Å². The van der Waals surface area contributed by atoms with E-state index in [4.69, 9.17) is 5.26 Å². The van der Waals surface area contributed by atoms with E-state index in [-0.39, 0.29) is 0 Å². The number of fused-ring (bicyclic) bond motifs is 1. The Hall–Kier alpha value is -3.51. The normalized spacial score (nSPS) is 12.8. The Morgan fingerprint density at radius 1 is 0.783 bits per heavy atom. The Morgan fingerprint density at radius 3 is 1.91 bits per heavy atom. The number of aromatic nitrogens is 1. The summed E-state index contributed by atoms with van der Waals surface area (Å²) in [6.45, 7) is 26.4. The van der Waals surface area contributed by atoms with E-state index >= 15 is 0 Å². The van der Waals surface area contributed by atoms with Gasteiger partial charge in [0.2, 0.25) is 0 Å². The summed E-state index contributed by atoms with van der Waals surface area (Å²) in [5, 5.41) is 11.4. The molecule has 4 aromatic rings. The zero-order valence-corrected chi connectivity index (χ0v) is 30.9. The predicted molar refractivity (Wildman–Crippen MR) is 208 cm³/mol. The van der Waals surface area contributed by atoms with E-state index in [9.17, 15) is 0 Å². The molecule has 4 atom stereocenters. The minimum atomic E-state index is 0.416. The zero-order valence-electron chi connectivity index (χ0n) is 30.9. The number of rotatable bonds is 11. The third-order valence-corrected chi connectivity index (χ3v) is 9.48. The second-order valence-corrected chi connectivity index (χ2v) is 13.1. The number of aryl methyl sites for hydroxylation is 2. The molecule has 1 aromatic heterocycles. The molecule has 0 radical (unpaired) electrons. The van der Waals surface area contributed by atoms with E-state index in [1.807, 2.05) is 5.98 Å². The van der Waals surface area contributed by atoms with E-state index in [0.717, 1.165) is 24.7 Å². The summed E-state index contributed by atoms with van der Waals surface area (Å²) < 4.78 is 0. The fourth-order valence-corrected chi connectivity index (χ4v) is 5.44. The summed E-state index contributed by atoms with van der Waals surface area (Å²) in [7, 11) is 0. The Bertz CT molecular complexity index is 1400. The van der Waals surface area contributed by atoms with Gasteiger partial charge < -0.3 is 4.98 Å². The highest BCUT2D eigenvalue weighted by molar-refractivity contribution is 6.76. The Morgan fingerprint density at radius 2 is 1.41 bits per heavy atom. The van der Waals surface area contributed by atoms with Crippen LogP contribution in [0.4, 0.5) is 0 Å². The van der Waals surface area contributed by atoms with Gasteiger partial charge in [-0.25, -0.2) is 0 Å². The van der Waals surface area contributed by atoms with Crippen LogP contribution in [-0.2, 0) is 0 Å². The lowest BCUT2D eigenvalue weighted by Gasteiger charge is -2.26. The number of aromatic amines is 1. The number of hydrogen-bond acceptors (Lipinski definition) is 1. The molecule has 3 heteroatoms. The second kappa shape index (κ2) is 22.9. The van der Waals surface area contributed by atoms with Crippen molar-refractivity contribution in [2.45, 2.75) is 108 Å². The van der Waals surface area contributed by atoms with Crippen molar-refractivity contribution in [3.05, 3.63) is 103 Å². The molecular weight excluding hydrogens is 555 g/mol. The number of H-pyrrole nitrogens is 1. The molecule has 4 unspecified atom stereocenters. The molecule has 0 saturated heterocycles.